The number of aryl methyl sites for hydroxylation is 1. The third-order valence-electron chi connectivity index (χ3n) is 3.68. The van der Waals surface area contributed by atoms with Gasteiger partial charge in [-0.25, -0.2) is 4.98 Å². The smallest absolute Gasteiger partial charge is 0.239 e. The van der Waals surface area contributed by atoms with E-state index in [0.717, 1.165) is 32.7 Å². The van der Waals surface area contributed by atoms with Crippen LogP contribution in [0, 0.1) is 6.92 Å². The summed E-state index contributed by atoms with van der Waals surface area (Å²) in [6.45, 7) is 6.60. The highest BCUT2D eigenvalue weighted by Crippen LogP contribution is 2.17. The van der Waals surface area contributed by atoms with Gasteiger partial charge in [-0.05, 0) is 6.92 Å². The molecule has 0 unspecified atom stereocenters. The lowest BCUT2D eigenvalue weighted by Crippen LogP contribution is -2.48. The van der Waals surface area contributed by atoms with Gasteiger partial charge in [-0.1, -0.05) is 5.16 Å². The van der Waals surface area contributed by atoms with Crippen LogP contribution in [0.1, 0.15) is 10.6 Å². The minimum atomic E-state index is -0.0676. The molecule has 0 aromatic carbocycles. The summed E-state index contributed by atoms with van der Waals surface area (Å²) >= 11 is 1.53. The highest BCUT2D eigenvalue weighted by Gasteiger charge is 2.20. The molecule has 1 aliphatic rings. The van der Waals surface area contributed by atoms with E-state index in [4.69, 9.17) is 10.3 Å². The Bertz CT molecular complexity index is 662. The van der Waals surface area contributed by atoms with Crippen LogP contribution in [0.3, 0.4) is 0 Å². The predicted octanol–water partition coefficient (Wildman–Crippen LogP) is 0.778. The Hall–Kier alpha value is -1.97. The molecule has 3 N–H and O–H groups in total. The quantitative estimate of drug-likeness (QED) is 0.832. The normalized spacial score (nSPS) is 16.6. The molecule has 0 bridgehead atoms. The Labute approximate surface area is 138 Å². The van der Waals surface area contributed by atoms with E-state index in [2.05, 4.69) is 25.3 Å². The molecule has 0 spiro atoms. The molecule has 1 saturated heterocycles. The van der Waals surface area contributed by atoms with Crippen LogP contribution in [0.15, 0.2) is 16.8 Å². The van der Waals surface area contributed by atoms with E-state index in [9.17, 15) is 4.79 Å². The highest BCUT2D eigenvalue weighted by molar-refractivity contribution is 7.15. The Morgan fingerprint density at radius 2 is 2.13 bits per heavy atom. The molecule has 23 heavy (non-hydrogen) atoms. The van der Waals surface area contributed by atoms with Crippen molar-refractivity contribution in [2.75, 3.05) is 43.8 Å². The van der Waals surface area contributed by atoms with E-state index in [1.54, 1.807) is 13.0 Å². The van der Waals surface area contributed by atoms with Crippen LogP contribution in [0.25, 0.3) is 0 Å². The zero-order chi connectivity index (χ0) is 16.2. The van der Waals surface area contributed by atoms with Crippen LogP contribution in [0.5, 0.6) is 0 Å². The van der Waals surface area contributed by atoms with Gasteiger partial charge in [0.15, 0.2) is 10.9 Å². The van der Waals surface area contributed by atoms with Crippen LogP contribution in [0.4, 0.5) is 10.9 Å². The third kappa shape index (κ3) is 4.50. The number of carbonyl (C=O) groups excluding carboxylic acids is 1. The van der Waals surface area contributed by atoms with E-state index in [0.29, 0.717) is 23.3 Å². The maximum Gasteiger partial charge on any atom is 0.239 e. The zero-order valence-electron chi connectivity index (χ0n) is 13.0. The molecule has 0 saturated carbocycles. The summed E-state index contributed by atoms with van der Waals surface area (Å²) in [6.07, 6.45) is 1.83. The summed E-state index contributed by atoms with van der Waals surface area (Å²) in [5.41, 5.74) is 5.65. The summed E-state index contributed by atoms with van der Waals surface area (Å²) in [5.74, 6) is 1.08. The Morgan fingerprint density at radius 3 is 2.74 bits per heavy atom. The molecule has 1 amide bonds. The number of rotatable bonds is 5. The second-order valence-corrected chi connectivity index (χ2v) is 6.73. The van der Waals surface area contributed by atoms with Gasteiger partial charge in [0.1, 0.15) is 5.76 Å². The summed E-state index contributed by atoms with van der Waals surface area (Å²) in [7, 11) is 0. The summed E-state index contributed by atoms with van der Waals surface area (Å²) in [5, 5.41) is 7.11. The number of nitrogen functional groups attached to an aromatic ring is 1. The largest absolute Gasteiger partial charge is 0.375 e. The van der Waals surface area contributed by atoms with Gasteiger partial charge in [-0.2, -0.15) is 0 Å². The van der Waals surface area contributed by atoms with Gasteiger partial charge in [0, 0.05) is 49.9 Å². The molecule has 0 aliphatic carbocycles. The Balaban J connectivity index is 1.41. The minimum absolute atomic E-state index is 0.0676. The average Bonchev–Trinajstić information content (AvgIpc) is 3.10. The van der Waals surface area contributed by atoms with Gasteiger partial charge in [-0.3, -0.25) is 14.6 Å². The first-order valence-corrected chi connectivity index (χ1v) is 8.28. The van der Waals surface area contributed by atoms with Crippen LogP contribution >= 0.6 is 11.3 Å². The van der Waals surface area contributed by atoms with E-state index < -0.39 is 0 Å². The molecule has 8 nitrogen and oxygen atoms in total. The topological polar surface area (TPSA) is 101 Å². The predicted molar refractivity (Wildman–Crippen MR) is 88.1 cm³/mol. The maximum absolute atomic E-state index is 12.0. The van der Waals surface area contributed by atoms with Crippen molar-refractivity contribution >= 4 is 28.2 Å². The van der Waals surface area contributed by atoms with E-state index >= 15 is 0 Å². The number of hydrogen-bond acceptors (Lipinski definition) is 8. The van der Waals surface area contributed by atoms with Crippen LogP contribution < -0.4 is 11.1 Å². The van der Waals surface area contributed by atoms with Crippen molar-refractivity contribution in [3.8, 4) is 0 Å². The SMILES string of the molecule is Cc1cc(NC(=O)CN2CCN(Cc3cnc(N)s3)CC2)no1. The monoisotopic (exact) mass is 336 g/mol. The van der Waals surface area contributed by atoms with Gasteiger partial charge < -0.3 is 15.6 Å². The van der Waals surface area contributed by atoms with E-state index in [1.807, 2.05) is 6.20 Å². The number of nitrogens with zero attached hydrogens (tertiary/aromatic N) is 4. The first-order chi connectivity index (χ1) is 11.1. The molecule has 3 rings (SSSR count). The van der Waals surface area contributed by atoms with Gasteiger partial charge in [0.2, 0.25) is 5.91 Å². The average molecular weight is 336 g/mol. The Kier molecular flexibility index (Phi) is 4.89. The fourth-order valence-electron chi connectivity index (χ4n) is 2.53. The lowest BCUT2D eigenvalue weighted by Gasteiger charge is -2.33. The summed E-state index contributed by atoms with van der Waals surface area (Å²) in [6, 6.07) is 1.70. The highest BCUT2D eigenvalue weighted by atomic mass is 32.1. The van der Waals surface area contributed by atoms with Crippen LogP contribution in [0.2, 0.25) is 0 Å². The molecule has 1 aliphatic heterocycles. The number of piperazine rings is 1. The molecule has 124 valence electrons. The zero-order valence-corrected chi connectivity index (χ0v) is 13.8. The molecular formula is C14H20N6O2S. The molecule has 3 heterocycles. The number of aromatic nitrogens is 2. The van der Waals surface area contributed by atoms with E-state index in [1.165, 1.54) is 16.2 Å². The molecule has 1 fully saturated rings. The molecule has 9 heteroatoms. The maximum atomic E-state index is 12.0. The molecule has 2 aromatic heterocycles. The van der Waals surface area contributed by atoms with Crippen molar-refractivity contribution in [1.29, 1.82) is 0 Å². The van der Waals surface area contributed by atoms with E-state index in [-0.39, 0.29) is 5.91 Å². The van der Waals surface area contributed by atoms with Gasteiger partial charge in [0.05, 0.1) is 6.54 Å². The second-order valence-electron chi connectivity index (χ2n) is 5.59. The van der Waals surface area contributed by atoms with Gasteiger partial charge in [-0.15, -0.1) is 11.3 Å². The fraction of sp³-hybridized carbons (Fsp3) is 0.500. The number of anilines is 2. The molecule has 2 aromatic rings. The molecule has 0 radical (unpaired) electrons. The lowest BCUT2D eigenvalue weighted by molar-refractivity contribution is -0.117. The summed E-state index contributed by atoms with van der Waals surface area (Å²) < 4.78 is 4.93. The Morgan fingerprint density at radius 1 is 1.39 bits per heavy atom. The standard InChI is InChI=1S/C14H20N6O2S/c1-10-6-12(18-22-10)17-13(21)9-20-4-2-19(3-5-20)8-11-7-16-14(15)23-11/h6-7H,2-5,8-9H2,1H3,(H2,15,16)(H,17,18,21). The minimum Gasteiger partial charge on any atom is -0.375 e. The number of amides is 1. The third-order valence-corrected chi connectivity index (χ3v) is 4.49. The molecular weight excluding hydrogens is 316 g/mol. The number of nitrogens with one attached hydrogen (secondary N) is 1. The van der Waals surface area contributed by atoms with Crippen LogP contribution in [-0.4, -0.2) is 58.6 Å². The van der Waals surface area contributed by atoms with Crippen molar-refractivity contribution in [3.05, 3.63) is 22.9 Å². The van der Waals surface area contributed by atoms with Crippen molar-refractivity contribution in [2.45, 2.75) is 13.5 Å². The summed E-state index contributed by atoms with van der Waals surface area (Å²) in [4.78, 5) is 21.7. The molecule has 0 atom stereocenters. The first kappa shape index (κ1) is 15.9. The fourth-order valence-corrected chi connectivity index (χ4v) is 3.26. The van der Waals surface area contributed by atoms with Gasteiger partial charge in [0.25, 0.3) is 0 Å². The number of thiazole rings is 1. The van der Waals surface area contributed by atoms with Crippen LogP contribution in [-0.2, 0) is 11.3 Å². The van der Waals surface area contributed by atoms with Crippen molar-refractivity contribution < 1.29 is 9.32 Å². The first-order valence-electron chi connectivity index (χ1n) is 7.46. The lowest BCUT2D eigenvalue weighted by atomic mass is 10.3. The number of nitrogens with two attached hydrogens (primary N) is 1. The number of carbonyl (C=O) groups is 1. The van der Waals surface area contributed by atoms with Gasteiger partial charge >= 0.3 is 0 Å². The number of hydrogen-bond donors (Lipinski definition) is 2. The second kappa shape index (κ2) is 7.07. The van der Waals surface area contributed by atoms with Crippen molar-refractivity contribution in [2.24, 2.45) is 0 Å². The van der Waals surface area contributed by atoms with Crippen molar-refractivity contribution in [3.63, 3.8) is 0 Å². The van der Waals surface area contributed by atoms with Crippen molar-refractivity contribution in [1.82, 2.24) is 19.9 Å².